The SMILES string of the molecule is CC1=Cc2sc3cccc(I)c3c2[CH]1[Zr+3].[Cl-].[Cl-].[Cl-]. The quantitative estimate of drug-likeness (QED) is 0.315. The summed E-state index contributed by atoms with van der Waals surface area (Å²) in [7, 11) is 0. The second kappa shape index (κ2) is 7.42. The fourth-order valence-corrected chi connectivity index (χ4v) is 5.51. The Morgan fingerprint density at radius 3 is 2.56 bits per heavy atom. The first-order valence-electron chi connectivity index (χ1n) is 4.78. The van der Waals surface area contributed by atoms with Crippen LogP contribution in [0.5, 0.6) is 0 Å². The third kappa shape index (κ3) is 3.02. The van der Waals surface area contributed by atoms with Gasteiger partial charge in [-0.25, -0.2) is 0 Å². The largest absolute Gasteiger partial charge is 1.00 e. The topological polar surface area (TPSA) is 0 Å². The molecular formula is C12H8Cl3ISZr. The number of allylic oxidation sites excluding steroid dienone is 1. The van der Waals surface area contributed by atoms with Crippen LogP contribution >= 0.6 is 33.9 Å². The van der Waals surface area contributed by atoms with E-state index in [1.165, 1.54) is 24.1 Å². The van der Waals surface area contributed by atoms with Gasteiger partial charge in [-0.1, -0.05) is 0 Å². The maximum absolute atomic E-state index is 2.46. The molecule has 94 valence electrons. The average molecular weight is 509 g/mol. The molecule has 1 aliphatic carbocycles. The molecule has 18 heavy (non-hydrogen) atoms. The van der Waals surface area contributed by atoms with Crippen molar-refractivity contribution in [1.82, 2.24) is 0 Å². The molecule has 6 heteroatoms. The van der Waals surface area contributed by atoms with Gasteiger partial charge >= 0.3 is 123 Å². The maximum Gasteiger partial charge on any atom is -1.00 e. The van der Waals surface area contributed by atoms with Crippen LogP contribution in [0.1, 0.15) is 21.0 Å². The molecule has 3 rings (SSSR count). The first kappa shape index (κ1) is 19.4. The molecule has 0 radical (unpaired) electrons. The van der Waals surface area contributed by atoms with Crippen LogP contribution in [0.3, 0.4) is 0 Å². The van der Waals surface area contributed by atoms with Crippen molar-refractivity contribution in [2.24, 2.45) is 0 Å². The summed E-state index contributed by atoms with van der Waals surface area (Å²) in [6.45, 7) is 2.26. The van der Waals surface area contributed by atoms with Crippen molar-refractivity contribution in [2.75, 3.05) is 0 Å². The summed E-state index contributed by atoms with van der Waals surface area (Å²) >= 11 is 6.01. The summed E-state index contributed by atoms with van der Waals surface area (Å²) < 4.78 is 3.54. The van der Waals surface area contributed by atoms with E-state index in [1.54, 1.807) is 30.3 Å². The molecule has 1 aliphatic rings. The van der Waals surface area contributed by atoms with Crippen LogP contribution in [0.4, 0.5) is 0 Å². The fourth-order valence-electron chi connectivity index (χ4n) is 2.06. The monoisotopic (exact) mass is 506 g/mol. The molecular weight excluding hydrogens is 501 g/mol. The Balaban J connectivity index is 0.000000963. The predicted molar refractivity (Wildman–Crippen MR) is 70.9 cm³/mol. The smallest absolute Gasteiger partial charge is 1.00 e. The van der Waals surface area contributed by atoms with Gasteiger partial charge in [-0.15, -0.1) is 0 Å². The molecule has 0 nitrogen and oxygen atoms in total. The number of fused-ring (bicyclic) bond motifs is 3. The molecule has 1 aromatic carbocycles. The van der Waals surface area contributed by atoms with Gasteiger partial charge in [0.25, 0.3) is 0 Å². The molecule has 1 aromatic heterocycles. The van der Waals surface area contributed by atoms with Gasteiger partial charge in [0.05, 0.1) is 0 Å². The molecule has 2 aromatic rings. The molecule has 0 saturated heterocycles. The molecule has 0 aliphatic heterocycles. The minimum atomic E-state index is 0. The van der Waals surface area contributed by atoms with Crippen molar-refractivity contribution in [3.63, 3.8) is 0 Å². The number of hydrogen-bond acceptors (Lipinski definition) is 1. The van der Waals surface area contributed by atoms with E-state index in [4.69, 9.17) is 0 Å². The van der Waals surface area contributed by atoms with Crippen molar-refractivity contribution in [2.45, 2.75) is 10.5 Å². The van der Waals surface area contributed by atoms with Crippen LogP contribution in [-0.2, 0) is 24.7 Å². The molecule has 0 bridgehead atoms. The summed E-state index contributed by atoms with van der Waals surface area (Å²) in [4.78, 5) is 1.49. The number of benzene rings is 1. The zero-order valence-corrected chi connectivity index (χ0v) is 17.0. The second-order valence-corrected chi connectivity index (χ2v) is 7.48. The van der Waals surface area contributed by atoms with Gasteiger partial charge in [-0.05, 0) is 0 Å². The molecule has 0 saturated carbocycles. The van der Waals surface area contributed by atoms with Crippen LogP contribution in [0.25, 0.3) is 16.2 Å². The first-order chi connectivity index (χ1) is 7.18. The maximum atomic E-state index is 2.46. The van der Waals surface area contributed by atoms with E-state index in [9.17, 15) is 0 Å². The molecule has 1 unspecified atom stereocenters. The van der Waals surface area contributed by atoms with E-state index in [0.29, 0.717) is 3.63 Å². The van der Waals surface area contributed by atoms with Crippen LogP contribution in [0.15, 0.2) is 23.8 Å². The van der Waals surface area contributed by atoms with Gasteiger partial charge in [-0.3, -0.25) is 0 Å². The first-order valence-corrected chi connectivity index (χ1v) is 8.10. The Kier molecular flexibility index (Phi) is 8.00. The molecule has 0 N–H and O–H groups in total. The van der Waals surface area contributed by atoms with Gasteiger partial charge in [0.15, 0.2) is 0 Å². The number of halogens is 4. The van der Waals surface area contributed by atoms with Crippen LogP contribution in [-0.4, -0.2) is 0 Å². The Morgan fingerprint density at radius 1 is 1.22 bits per heavy atom. The van der Waals surface area contributed by atoms with E-state index >= 15 is 0 Å². The minimum absolute atomic E-state index is 0. The van der Waals surface area contributed by atoms with Crippen molar-refractivity contribution < 1.29 is 61.9 Å². The number of hydrogen-bond donors (Lipinski definition) is 0. The van der Waals surface area contributed by atoms with E-state index in [0.717, 1.165) is 0 Å². The second-order valence-electron chi connectivity index (χ2n) is 3.81. The third-order valence-electron chi connectivity index (χ3n) is 2.83. The van der Waals surface area contributed by atoms with E-state index < -0.39 is 0 Å². The van der Waals surface area contributed by atoms with E-state index in [1.807, 2.05) is 11.3 Å². The van der Waals surface area contributed by atoms with Crippen LogP contribution < -0.4 is 37.2 Å². The molecule has 0 amide bonds. The van der Waals surface area contributed by atoms with Crippen molar-refractivity contribution in [3.8, 4) is 0 Å². The third-order valence-corrected chi connectivity index (χ3v) is 6.68. The summed E-state index contributed by atoms with van der Waals surface area (Å²) in [6, 6.07) is 6.61. The molecule has 0 fully saturated rings. The van der Waals surface area contributed by atoms with Crippen LogP contribution in [0, 0.1) is 3.57 Å². The summed E-state index contributed by atoms with van der Waals surface area (Å²) in [5.41, 5.74) is 3.13. The Bertz CT molecular complexity index is 594. The van der Waals surface area contributed by atoms with Gasteiger partial charge in [0.1, 0.15) is 0 Å². The van der Waals surface area contributed by atoms with Crippen molar-refractivity contribution >= 4 is 50.1 Å². The Morgan fingerprint density at radius 2 is 1.89 bits per heavy atom. The molecule has 1 heterocycles. The summed E-state index contributed by atoms with van der Waals surface area (Å²) in [5, 5.41) is 1.51. The van der Waals surface area contributed by atoms with Gasteiger partial charge in [0.2, 0.25) is 0 Å². The number of thiophene rings is 1. The normalized spacial score (nSPS) is 16.2. The Hall–Kier alpha value is 1.40. The fraction of sp³-hybridized carbons (Fsp3) is 0.167. The predicted octanol–water partition coefficient (Wildman–Crippen LogP) is -4.48. The Labute approximate surface area is 158 Å². The zero-order valence-electron chi connectivity index (χ0n) is 9.31. The van der Waals surface area contributed by atoms with E-state index in [2.05, 4.69) is 53.8 Å². The van der Waals surface area contributed by atoms with Crippen molar-refractivity contribution in [1.29, 1.82) is 0 Å². The van der Waals surface area contributed by atoms with Crippen LogP contribution in [0.2, 0.25) is 0 Å². The van der Waals surface area contributed by atoms with E-state index in [-0.39, 0.29) is 37.2 Å². The number of rotatable bonds is 0. The van der Waals surface area contributed by atoms with Gasteiger partial charge in [0, 0.05) is 0 Å². The summed E-state index contributed by atoms with van der Waals surface area (Å²) in [5.74, 6) is 0. The average Bonchev–Trinajstić information content (AvgIpc) is 2.66. The van der Waals surface area contributed by atoms with Crippen molar-refractivity contribution in [3.05, 3.63) is 37.8 Å². The molecule has 0 spiro atoms. The van der Waals surface area contributed by atoms with Gasteiger partial charge in [-0.2, -0.15) is 0 Å². The zero-order chi connectivity index (χ0) is 10.6. The molecule has 1 atom stereocenters. The standard InChI is InChI=1S/C12H8IS.3ClH.Zr/c1-7-5-8-11(6-7)14-10-4-2-3-9(13)12(8)10;;;;/h2-6H,1H3;3*1H;/q;;;;+3/p-3. The minimum Gasteiger partial charge on any atom is -1.00 e. The van der Waals surface area contributed by atoms with Gasteiger partial charge < -0.3 is 37.2 Å². The summed E-state index contributed by atoms with van der Waals surface area (Å²) in [6.07, 6.45) is 2.37.